The van der Waals surface area contributed by atoms with Crippen molar-refractivity contribution in [2.75, 3.05) is 9.80 Å². The third kappa shape index (κ3) is 6.52. The van der Waals surface area contributed by atoms with E-state index >= 15 is 0 Å². The number of nitrogens with zero attached hydrogens (tertiary/aromatic N) is 3. The second-order valence-electron chi connectivity index (χ2n) is 14.2. The normalized spacial score (nSPS) is 11.2. The molecule has 0 bridgehead atoms. The molecule has 0 aliphatic rings. The van der Waals surface area contributed by atoms with E-state index in [1.54, 1.807) is 0 Å². The van der Waals surface area contributed by atoms with Crippen LogP contribution in [0.5, 0.6) is 0 Å². The first-order valence-corrected chi connectivity index (χ1v) is 19.4. The fourth-order valence-corrected chi connectivity index (χ4v) is 8.04. The number of anilines is 6. The molecule has 0 amide bonds. The zero-order valence-electron chi connectivity index (χ0n) is 31.4. The molecule has 0 aliphatic carbocycles. The second-order valence-corrected chi connectivity index (χ2v) is 14.2. The van der Waals surface area contributed by atoms with Gasteiger partial charge in [0.15, 0.2) is 0 Å². The van der Waals surface area contributed by atoms with Crippen LogP contribution in [-0.4, -0.2) is 4.57 Å². The van der Waals surface area contributed by atoms with Gasteiger partial charge in [-0.3, -0.25) is 0 Å². The van der Waals surface area contributed by atoms with Gasteiger partial charge in [0.05, 0.1) is 11.0 Å². The molecule has 0 saturated heterocycles. The third-order valence-corrected chi connectivity index (χ3v) is 10.8. The van der Waals surface area contributed by atoms with E-state index in [-0.39, 0.29) is 0 Å². The summed E-state index contributed by atoms with van der Waals surface area (Å²) in [6.45, 7) is 0. The van der Waals surface area contributed by atoms with E-state index < -0.39 is 0 Å². The van der Waals surface area contributed by atoms with Crippen molar-refractivity contribution >= 4 is 55.9 Å². The molecule has 0 aliphatic heterocycles. The number of benzene rings is 9. The van der Waals surface area contributed by atoms with Crippen molar-refractivity contribution in [3.05, 3.63) is 237 Å². The highest BCUT2D eigenvalue weighted by Gasteiger charge is 2.19. The lowest BCUT2D eigenvalue weighted by Gasteiger charge is -2.28. The van der Waals surface area contributed by atoms with Gasteiger partial charge in [-0.25, -0.2) is 0 Å². The van der Waals surface area contributed by atoms with Crippen molar-refractivity contribution in [3.63, 3.8) is 0 Å². The number of rotatable bonds is 9. The number of aromatic nitrogens is 1. The topological polar surface area (TPSA) is 11.4 Å². The monoisotopic (exact) mass is 729 g/mol. The van der Waals surface area contributed by atoms with Crippen molar-refractivity contribution in [2.45, 2.75) is 0 Å². The lowest BCUT2D eigenvalue weighted by Crippen LogP contribution is -2.12. The fourth-order valence-electron chi connectivity index (χ4n) is 8.04. The van der Waals surface area contributed by atoms with Crippen LogP contribution in [0.4, 0.5) is 34.1 Å². The van der Waals surface area contributed by atoms with Crippen LogP contribution in [0.15, 0.2) is 237 Å². The van der Waals surface area contributed by atoms with Gasteiger partial charge in [-0.15, -0.1) is 0 Å². The summed E-state index contributed by atoms with van der Waals surface area (Å²) in [7, 11) is 0. The molecule has 10 aromatic rings. The quantitative estimate of drug-likeness (QED) is 0.147. The number of hydrogen-bond donors (Lipinski definition) is 0. The number of para-hydroxylation sites is 3. The zero-order chi connectivity index (χ0) is 38.0. The molecule has 3 nitrogen and oxygen atoms in total. The Morgan fingerprint density at radius 2 is 0.596 bits per heavy atom. The summed E-state index contributed by atoms with van der Waals surface area (Å²) >= 11 is 0. The molecule has 57 heavy (non-hydrogen) atoms. The highest BCUT2D eigenvalue weighted by Crippen LogP contribution is 2.42. The van der Waals surface area contributed by atoms with Crippen molar-refractivity contribution in [1.82, 2.24) is 4.57 Å². The minimum atomic E-state index is 1.07. The Morgan fingerprint density at radius 1 is 0.246 bits per heavy atom. The van der Waals surface area contributed by atoms with Gasteiger partial charge in [0.1, 0.15) is 0 Å². The van der Waals surface area contributed by atoms with Crippen molar-refractivity contribution in [2.24, 2.45) is 0 Å². The van der Waals surface area contributed by atoms with Gasteiger partial charge < -0.3 is 14.4 Å². The van der Waals surface area contributed by atoms with Crippen molar-refractivity contribution < 1.29 is 0 Å². The fraction of sp³-hybridized carbons (Fsp3) is 0. The number of fused-ring (bicyclic) bond motifs is 3. The van der Waals surface area contributed by atoms with Crippen LogP contribution in [0.3, 0.4) is 0 Å². The Morgan fingerprint density at radius 3 is 1.12 bits per heavy atom. The summed E-state index contributed by atoms with van der Waals surface area (Å²) in [5.41, 5.74) is 14.8. The predicted molar refractivity (Wildman–Crippen MR) is 241 cm³/mol. The van der Waals surface area contributed by atoms with E-state index in [0.717, 1.165) is 39.8 Å². The van der Waals surface area contributed by atoms with Gasteiger partial charge in [-0.05, 0) is 113 Å². The minimum absolute atomic E-state index is 1.07. The summed E-state index contributed by atoms with van der Waals surface area (Å²) in [5.74, 6) is 0. The van der Waals surface area contributed by atoms with E-state index in [9.17, 15) is 0 Å². The van der Waals surface area contributed by atoms with Gasteiger partial charge in [0, 0.05) is 50.6 Å². The second kappa shape index (κ2) is 14.9. The van der Waals surface area contributed by atoms with Gasteiger partial charge in [0.2, 0.25) is 0 Å². The standard InChI is InChI=1S/C54H39N3/c1-5-15-40(16-6-1)42-25-29-46(30-26-42)55(47-31-27-43(28-32-47)41-17-7-2-8-18-41)48-33-35-49(36-34-48)56(44-19-9-3-10-20-44)50-37-38-52-51-23-13-14-24-53(51)57(54(52)39-50)45-21-11-4-12-22-45/h1-39H. The molecule has 0 N–H and O–H groups in total. The van der Waals surface area contributed by atoms with E-state index in [1.165, 1.54) is 44.1 Å². The molecule has 0 saturated carbocycles. The average molecular weight is 730 g/mol. The van der Waals surface area contributed by atoms with E-state index in [2.05, 4.69) is 251 Å². The van der Waals surface area contributed by atoms with E-state index in [1.807, 2.05) is 0 Å². The molecule has 9 aromatic carbocycles. The van der Waals surface area contributed by atoms with Crippen LogP contribution >= 0.6 is 0 Å². The smallest absolute Gasteiger partial charge is 0.0561 e. The number of hydrogen-bond acceptors (Lipinski definition) is 2. The highest BCUT2D eigenvalue weighted by atomic mass is 15.2. The molecular weight excluding hydrogens is 691 g/mol. The SMILES string of the molecule is c1ccc(-c2ccc(N(c3ccc(-c4ccccc4)cc3)c3ccc(N(c4ccccc4)c4ccc5c6ccccc6n(-c6ccccc6)c5c4)cc3)cc2)cc1. The Balaban J connectivity index is 1.07. The maximum Gasteiger partial charge on any atom is 0.0561 e. The molecular formula is C54H39N3. The molecule has 3 heteroatoms. The molecule has 1 heterocycles. The molecule has 270 valence electrons. The summed E-state index contributed by atoms with van der Waals surface area (Å²) in [6.07, 6.45) is 0. The van der Waals surface area contributed by atoms with E-state index in [0.29, 0.717) is 0 Å². The molecule has 1 aromatic heterocycles. The molecule has 0 atom stereocenters. The zero-order valence-corrected chi connectivity index (χ0v) is 31.4. The Kier molecular flexibility index (Phi) is 8.86. The minimum Gasteiger partial charge on any atom is -0.311 e. The lowest BCUT2D eigenvalue weighted by atomic mass is 10.0. The molecule has 10 rings (SSSR count). The first kappa shape index (κ1) is 33.9. The summed E-state index contributed by atoms with van der Waals surface area (Å²) in [4.78, 5) is 4.69. The van der Waals surface area contributed by atoms with Crippen molar-refractivity contribution in [1.29, 1.82) is 0 Å². The van der Waals surface area contributed by atoms with Crippen LogP contribution in [0.25, 0.3) is 49.7 Å². The first-order chi connectivity index (χ1) is 28.3. The maximum atomic E-state index is 2.38. The largest absolute Gasteiger partial charge is 0.311 e. The first-order valence-electron chi connectivity index (χ1n) is 19.4. The predicted octanol–water partition coefficient (Wildman–Crippen LogP) is 15.1. The van der Waals surface area contributed by atoms with Crippen molar-refractivity contribution in [3.8, 4) is 27.9 Å². The van der Waals surface area contributed by atoms with Crippen LogP contribution < -0.4 is 9.80 Å². The molecule has 0 radical (unpaired) electrons. The molecule has 0 unspecified atom stereocenters. The molecule has 0 fully saturated rings. The van der Waals surface area contributed by atoms with Gasteiger partial charge in [-0.1, -0.05) is 146 Å². The van der Waals surface area contributed by atoms with Gasteiger partial charge in [0.25, 0.3) is 0 Å². The van der Waals surface area contributed by atoms with Gasteiger partial charge >= 0.3 is 0 Å². The summed E-state index contributed by atoms with van der Waals surface area (Å²) in [6, 6.07) is 84.6. The van der Waals surface area contributed by atoms with Gasteiger partial charge in [-0.2, -0.15) is 0 Å². The maximum absolute atomic E-state index is 2.38. The Bertz CT molecular complexity index is 2820. The van der Waals surface area contributed by atoms with Crippen LogP contribution in [0.2, 0.25) is 0 Å². The summed E-state index contributed by atoms with van der Waals surface area (Å²) < 4.78 is 2.38. The highest BCUT2D eigenvalue weighted by molar-refractivity contribution is 6.10. The average Bonchev–Trinajstić information content (AvgIpc) is 3.62. The molecule has 0 spiro atoms. The Hall–Kier alpha value is -7.62. The van der Waals surface area contributed by atoms with Crippen LogP contribution in [0.1, 0.15) is 0 Å². The van der Waals surface area contributed by atoms with Crippen LogP contribution in [-0.2, 0) is 0 Å². The third-order valence-electron chi connectivity index (χ3n) is 10.8. The van der Waals surface area contributed by atoms with Crippen LogP contribution in [0, 0.1) is 0 Å². The summed E-state index contributed by atoms with van der Waals surface area (Å²) in [5, 5.41) is 2.47. The lowest BCUT2D eigenvalue weighted by molar-refractivity contribution is 1.18. The Labute approximate surface area is 333 Å². The van der Waals surface area contributed by atoms with E-state index in [4.69, 9.17) is 0 Å².